The smallest absolute Gasteiger partial charge is 0.408 e. The van der Waals surface area contributed by atoms with Gasteiger partial charge in [0.2, 0.25) is 0 Å². The first-order valence-corrected chi connectivity index (χ1v) is 7.69. The monoisotopic (exact) mass is 337 g/mol. The molecule has 1 heterocycles. The number of benzene rings is 1. The lowest BCUT2D eigenvalue weighted by atomic mass is 9.73. The molecule has 0 radical (unpaired) electrons. The van der Waals surface area contributed by atoms with E-state index in [2.05, 4.69) is 5.32 Å². The first kappa shape index (κ1) is 18.2. The number of carbonyl (C=O) groups is 2. The molecule has 0 aromatic heterocycles. The minimum atomic E-state index is -0.859. The van der Waals surface area contributed by atoms with Gasteiger partial charge in [-0.15, -0.1) is 0 Å². The highest BCUT2D eigenvalue weighted by Crippen LogP contribution is 2.34. The van der Waals surface area contributed by atoms with Crippen molar-refractivity contribution in [1.82, 2.24) is 5.32 Å². The Hall–Kier alpha value is -2.12. The van der Waals surface area contributed by atoms with Crippen molar-refractivity contribution < 1.29 is 28.5 Å². The Morgan fingerprint density at radius 3 is 2.58 bits per heavy atom. The fourth-order valence-electron chi connectivity index (χ4n) is 2.50. The van der Waals surface area contributed by atoms with Gasteiger partial charge in [0.1, 0.15) is 13.4 Å². The molecule has 7 nitrogen and oxygen atoms in total. The van der Waals surface area contributed by atoms with Crippen molar-refractivity contribution >= 4 is 12.6 Å². The first-order chi connectivity index (χ1) is 11.5. The summed E-state index contributed by atoms with van der Waals surface area (Å²) in [5.74, 6) is 0. The Kier molecular flexibility index (Phi) is 6.16. The van der Waals surface area contributed by atoms with E-state index < -0.39 is 17.0 Å². The van der Waals surface area contributed by atoms with Gasteiger partial charge < -0.3 is 24.3 Å². The molecule has 1 aliphatic heterocycles. The maximum absolute atomic E-state index is 12.3. The van der Waals surface area contributed by atoms with Crippen LogP contribution in [-0.2, 0) is 30.3 Å². The summed E-state index contributed by atoms with van der Waals surface area (Å²) in [5, 5.41) is 2.84. The highest BCUT2D eigenvalue weighted by Gasteiger charge is 2.49. The van der Waals surface area contributed by atoms with Crippen LogP contribution in [0.4, 0.5) is 4.79 Å². The van der Waals surface area contributed by atoms with Crippen LogP contribution in [0.1, 0.15) is 19.4 Å². The van der Waals surface area contributed by atoms with E-state index in [9.17, 15) is 9.59 Å². The predicted molar refractivity (Wildman–Crippen MR) is 85.1 cm³/mol. The summed E-state index contributed by atoms with van der Waals surface area (Å²) in [5.41, 5.74) is -0.580. The molecular weight excluding hydrogens is 314 g/mol. The van der Waals surface area contributed by atoms with Crippen LogP contribution in [0.2, 0.25) is 0 Å². The van der Waals surface area contributed by atoms with Crippen molar-refractivity contribution in [3.05, 3.63) is 35.9 Å². The summed E-state index contributed by atoms with van der Waals surface area (Å²) in [7, 11) is 0. The summed E-state index contributed by atoms with van der Waals surface area (Å²) < 4.78 is 20.9. The number of amides is 1. The number of carbonyl (C=O) groups excluding carboxylic acids is 2. The molecule has 24 heavy (non-hydrogen) atoms. The minimum absolute atomic E-state index is 0.113. The zero-order chi connectivity index (χ0) is 17.5. The standard InChI is InChI=1S/C17H23NO6/c1-16(2,9-21-12-19)17(10-22-13-23-11-17)18-15(20)24-8-14-6-4-3-5-7-14/h3-7,12H,8-11,13H2,1-2H3,(H,18,20). The molecule has 2 rings (SSSR count). The number of hydrogen-bond acceptors (Lipinski definition) is 6. The zero-order valence-electron chi connectivity index (χ0n) is 13.9. The molecule has 0 unspecified atom stereocenters. The van der Waals surface area contributed by atoms with Crippen molar-refractivity contribution in [3.63, 3.8) is 0 Å². The van der Waals surface area contributed by atoms with E-state index in [1.807, 2.05) is 44.2 Å². The molecule has 7 heteroatoms. The average Bonchev–Trinajstić information content (AvgIpc) is 2.60. The summed E-state index contributed by atoms with van der Waals surface area (Å²) in [6, 6.07) is 9.39. The van der Waals surface area contributed by atoms with Gasteiger partial charge in [0, 0.05) is 5.41 Å². The van der Waals surface area contributed by atoms with Gasteiger partial charge in [-0.1, -0.05) is 44.2 Å². The van der Waals surface area contributed by atoms with E-state index in [1.165, 1.54) is 0 Å². The van der Waals surface area contributed by atoms with Crippen LogP contribution in [0.3, 0.4) is 0 Å². The number of ether oxygens (including phenoxy) is 4. The molecule has 0 aliphatic carbocycles. The highest BCUT2D eigenvalue weighted by molar-refractivity contribution is 5.68. The summed E-state index contributed by atoms with van der Waals surface area (Å²) in [4.78, 5) is 22.8. The van der Waals surface area contributed by atoms with E-state index in [-0.39, 0.29) is 33.2 Å². The third-order valence-electron chi connectivity index (χ3n) is 4.23. The van der Waals surface area contributed by atoms with Crippen molar-refractivity contribution in [2.45, 2.75) is 26.0 Å². The van der Waals surface area contributed by atoms with E-state index >= 15 is 0 Å². The van der Waals surface area contributed by atoms with Gasteiger partial charge in [-0.2, -0.15) is 0 Å². The Morgan fingerprint density at radius 1 is 1.29 bits per heavy atom. The topological polar surface area (TPSA) is 83.1 Å². The Morgan fingerprint density at radius 2 is 1.96 bits per heavy atom. The van der Waals surface area contributed by atoms with Gasteiger partial charge in [-0.3, -0.25) is 4.79 Å². The van der Waals surface area contributed by atoms with Gasteiger partial charge in [0.25, 0.3) is 6.47 Å². The Labute approximate surface area is 141 Å². The van der Waals surface area contributed by atoms with Gasteiger partial charge in [0.05, 0.1) is 25.4 Å². The largest absolute Gasteiger partial charge is 0.467 e. The van der Waals surface area contributed by atoms with Crippen molar-refractivity contribution in [1.29, 1.82) is 0 Å². The van der Waals surface area contributed by atoms with Crippen LogP contribution < -0.4 is 5.32 Å². The molecule has 1 amide bonds. The van der Waals surface area contributed by atoms with Gasteiger partial charge in [0.15, 0.2) is 0 Å². The first-order valence-electron chi connectivity index (χ1n) is 7.69. The van der Waals surface area contributed by atoms with Crippen LogP contribution in [0.25, 0.3) is 0 Å². The predicted octanol–water partition coefficient (Wildman–Crippen LogP) is 1.86. The average molecular weight is 337 g/mol. The molecular formula is C17H23NO6. The van der Waals surface area contributed by atoms with Gasteiger partial charge in [-0.25, -0.2) is 4.79 Å². The molecule has 1 N–H and O–H groups in total. The molecule has 132 valence electrons. The lowest BCUT2D eigenvalue weighted by Gasteiger charge is -2.47. The lowest BCUT2D eigenvalue weighted by molar-refractivity contribution is -0.178. The maximum atomic E-state index is 12.3. The third-order valence-corrected chi connectivity index (χ3v) is 4.23. The van der Waals surface area contributed by atoms with Crippen LogP contribution >= 0.6 is 0 Å². The SMILES string of the molecule is CC(C)(COC=O)C1(NC(=O)OCc2ccccc2)COCOC1. The number of rotatable bonds is 7. The molecule has 0 spiro atoms. The molecule has 1 aromatic rings. The zero-order valence-corrected chi connectivity index (χ0v) is 13.9. The summed E-state index contributed by atoms with van der Waals surface area (Å²) >= 11 is 0. The van der Waals surface area contributed by atoms with Crippen LogP contribution in [0.5, 0.6) is 0 Å². The van der Waals surface area contributed by atoms with Crippen LogP contribution in [-0.4, -0.2) is 44.7 Å². The Balaban J connectivity index is 2.02. The fourth-order valence-corrected chi connectivity index (χ4v) is 2.50. The van der Waals surface area contributed by atoms with E-state index in [0.29, 0.717) is 6.47 Å². The second-order valence-electron chi connectivity index (χ2n) is 6.37. The van der Waals surface area contributed by atoms with Gasteiger partial charge >= 0.3 is 6.09 Å². The van der Waals surface area contributed by atoms with E-state index in [0.717, 1.165) is 5.56 Å². The molecule has 1 aromatic carbocycles. The molecule has 0 saturated carbocycles. The van der Waals surface area contributed by atoms with Crippen molar-refractivity contribution in [2.24, 2.45) is 5.41 Å². The highest BCUT2D eigenvalue weighted by atomic mass is 16.7. The molecule has 1 fully saturated rings. The normalized spacial score (nSPS) is 16.9. The van der Waals surface area contributed by atoms with Crippen LogP contribution in [0.15, 0.2) is 30.3 Å². The summed E-state index contributed by atoms with van der Waals surface area (Å²) in [6.07, 6.45) is -0.577. The molecule has 0 bridgehead atoms. The molecule has 1 aliphatic rings. The van der Waals surface area contributed by atoms with Gasteiger partial charge in [-0.05, 0) is 5.56 Å². The van der Waals surface area contributed by atoms with E-state index in [4.69, 9.17) is 18.9 Å². The maximum Gasteiger partial charge on any atom is 0.408 e. The Bertz CT molecular complexity index is 539. The van der Waals surface area contributed by atoms with E-state index in [1.54, 1.807) is 0 Å². The van der Waals surface area contributed by atoms with Crippen molar-refractivity contribution in [2.75, 3.05) is 26.6 Å². The van der Waals surface area contributed by atoms with Crippen LogP contribution in [0, 0.1) is 5.41 Å². The second kappa shape index (κ2) is 8.12. The fraction of sp³-hybridized carbons (Fsp3) is 0.529. The quantitative estimate of drug-likeness (QED) is 0.765. The summed E-state index contributed by atoms with van der Waals surface area (Å²) in [6.45, 7) is 5.03. The number of hydrogen-bond donors (Lipinski definition) is 1. The second-order valence-corrected chi connectivity index (χ2v) is 6.37. The number of nitrogens with one attached hydrogen (secondary N) is 1. The number of alkyl carbamates (subject to hydrolysis) is 1. The molecule has 0 atom stereocenters. The lowest BCUT2D eigenvalue weighted by Crippen LogP contribution is -2.66. The third kappa shape index (κ3) is 4.46. The molecule has 1 saturated heterocycles. The van der Waals surface area contributed by atoms with Crippen molar-refractivity contribution in [3.8, 4) is 0 Å². The minimum Gasteiger partial charge on any atom is -0.467 e.